The van der Waals surface area contributed by atoms with Gasteiger partial charge in [0.25, 0.3) is 0 Å². The van der Waals surface area contributed by atoms with Gasteiger partial charge < -0.3 is 5.32 Å². The third-order valence-corrected chi connectivity index (χ3v) is 3.55. The van der Waals surface area contributed by atoms with Crippen molar-refractivity contribution in [1.82, 2.24) is 0 Å². The van der Waals surface area contributed by atoms with Crippen molar-refractivity contribution < 1.29 is 4.79 Å². The number of carbonyl (C=O) groups is 1. The number of amides is 1. The van der Waals surface area contributed by atoms with Crippen molar-refractivity contribution in [3.8, 4) is 6.07 Å². The highest BCUT2D eigenvalue weighted by molar-refractivity contribution is 8.01. The Morgan fingerprint density at radius 1 is 1.47 bits per heavy atom. The van der Waals surface area contributed by atoms with Crippen LogP contribution >= 0.6 is 11.8 Å². The molecule has 3 nitrogen and oxygen atoms in total. The Balaban J connectivity index is 2.55. The van der Waals surface area contributed by atoms with E-state index in [0.29, 0.717) is 11.3 Å². The van der Waals surface area contributed by atoms with Gasteiger partial charge in [-0.05, 0) is 26.0 Å². The minimum absolute atomic E-state index is 0.0531. The number of nitrogens with zero attached hydrogens (tertiary/aromatic N) is 1. The summed E-state index contributed by atoms with van der Waals surface area (Å²) in [6.45, 7) is 3.74. The Kier molecular flexibility index (Phi) is 2.20. The van der Waals surface area contributed by atoms with E-state index in [4.69, 9.17) is 5.26 Å². The van der Waals surface area contributed by atoms with Crippen molar-refractivity contribution in [2.75, 3.05) is 5.32 Å². The first-order valence-corrected chi connectivity index (χ1v) is 5.40. The average Bonchev–Trinajstić information content (AvgIpc) is 2.18. The maximum absolute atomic E-state index is 11.7. The summed E-state index contributed by atoms with van der Waals surface area (Å²) in [5.74, 6) is -0.0531. The predicted molar refractivity (Wildman–Crippen MR) is 59.7 cm³/mol. The Hall–Kier alpha value is -1.47. The molecule has 76 valence electrons. The molecular weight excluding hydrogens is 208 g/mol. The van der Waals surface area contributed by atoms with Gasteiger partial charge in [-0.3, -0.25) is 4.79 Å². The van der Waals surface area contributed by atoms with Crippen molar-refractivity contribution >= 4 is 23.4 Å². The molecule has 1 heterocycles. The van der Waals surface area contributed by atoms with Gasteiger partial charge in [-0.2, -0.15) is 5.26 Å². The minimum Gasteiger partial charge on any atom is -0.323 e. The Morgan fingerprint density at radius 2 is 2.20 bits per heavy atom. The molecule has 1 amide bonds. The molecule has 0 radical (unpaired) electrons. The van der Waals surface area contributed by atoms with Gasteiger partial charge in [0, 0.05) is 4.90 Å². The number of para-hydroxylation sites is 1. The number of benzene rings is 1. The Bertz CT molecular complexity index is 474. The summed E-state index contributed by atoms with van der Waals surface area (Å²) < 4.78 is -0.471. The number of thioether (sulfide) groups is 1. The van der Waals surface area contributed by atoms with E-state index in [9.17, 15) is 4.79 Å². The van der Waals surface area contributed by atoms with E-state index >= 15 is 0 Å². The zero-order chi connectivity index (χ0) is 11.1. The fourth-order valence-corrected chi connectivity index (χ4v) is 2.53. The molecule has 0 aliphatic carbocycles. The molecule has 1 aromatic rings. The molecule has 1 aromatic carbocycles. The lowest BCUT2D eigenvalue weighted by molar-refractivity contribution is -0.117. The molecule has 1 aliphatic rings. The molecule has 0 saturated carbocycles. The Labute approximate surface area is 92.5 Å². The number of nitriles is 1. The molecular formula is C11H10N2OS. The molecule has 0 bridgehead atoms. The largest absolute Gasteiger partial charge is 0.323 e. The van der Waals surface area contributed by atoms with Crippen LogP contribution in [0.1, 0.15) is 19.4 Å². The van der Waals surface area contributed by atoms with E-state index in [1.165, 1.54) is 11.8 Å². The zero-order valence-electron chi connectivity index (χ0n) is 8.50. The van der Waals surface area contributed by atoms with Crippen molar-refractivity contribution in [2.45, 2.75) is 23.5 Å². The standard InChI is InChI=1S/C11H10N2OS/c1-11(2)10(14)13-9-7(6-12)4-3-5-8(9)15-11/h3-5H,1-2H3,(H,13,14). The van der Waals surface area contributed by atoms with Gasteiger partial charge in [0.1, 0.15) is 6.07 Å². The fraction of sp³-hybridized carbons (Fsp3) is 0.273. The molecule has 4 heteroatoms. The summed E-state index contributed by atoms with van der Waals surface area (Å²) in [6, 6.07) is 7.53. The molecule has 2 rings (SSSR count). The van der Waals surface area contributed by atoms with Crippen LogP contribution in [0.25, 0.3) is 0 Å². The maximum atomic E-state index is 11.7. The smallest absolute Gasteiger partial charge is 0.240 e. The molecule has 0 saturated heterocycles. The van der Waals surface area contributed by atoms with E-state index < -0.39 is 4.75 Å². The van der Waals surface area contributed by atoms with Crippen LogP contribution in [0.15, 0.2) is 23.1 Å². The van der Waals surface area contributed by atoms with Crippen LogP contribution in [0.4, 0.5) is 5.69 Å². The predicted octanol–water partition coefficient (Wildman–Crippen LogP) is 2.38. The monoisotopic (exact) mass is 218 g/mol. The molecule has 1 aliphatic heterocycles. The first-order chi connectivity index (χ1) is 7.04. The summed E-state index contributed by atoms with van der Waals surface area (Å²) in [5.41, 5.74) is 1.16. The van der Waals surface area contributed by atoms with E-state index in [1.54, 1.807) is 6.07 Å². The van der Waals surface area contributed by atoms with Gasteiger partial charge in [0.05, 0.1) is 16.0 Å². The second-order valence-electron chi connectivity index (χ2n) is 3.86. The summed E-state index contributed by atoms with van der Waals surface area (Å²) in [5, 5.41) is 11.7. The quantitative estimate of drug-likeness (QED) is 0.727. The third-order valence-electron chi connectivity index (χ3n) is 2.30. The number of hydrogen-bond donors (Lipinski definition) is 1. The topological polar surface area (TPSA) is 52.9 Å². The number of fused-ring (bicyclic) bond motifs is 1. The first kappa shape index (κ1) is 10.1. The van der Waals surface area contributed by atoms with Gasteiger partial charge in [0.2, 0.25) is 5.91 Å². The van der Waals surface area contributed by atoms with Crippen LogP contribution in [0, 0.1) is 11.3 Å². The average molecular weight is 218 g/mol. The molecule has 0 atom stereocenters. The number of nitrogens with one attached hydrogen (secondary N) is 1. The Morgan fingerprint density at radius 3 is 2.87 bits per heavy atom. The van der Waals surface area contributed by atoms with E-state index in [-0.39, 0.29) is 5.91 Å². The molecule has 1 N–H and O–H groups in total. The number of hydrogen-bond acceptors (Lipinski definition) is 3. The third kappa shape index (κ3) is 1.59. The van der Waals surface area contributed by atoms with Crippen molar-refractivity contribution in [3.63, 3.8) is 0 Å². The van der Waals surface area contributed by atoms with Crippen LogP contribution < -0.4 is 5.32 Å². The normalized spacial score (nSPS) is 17.5. The highest BCUT2D eigenvalue weighted by atomic mass is 32.2. The highest BCUT2D eigenvalue weighted by Crippen LogP contribution is 2.43. The van der Waals surface area contributed by atoms with E-state index in [0.717, 1.165) is 4.90 Å². The van der Waals surface area contributed by atoms with Crippen LogP contribution in [-0.4, -0.2) is 10.7 Å². The van der Waals surface area contributed by atoms with E-state index in [1.807, 2.05) is 26.0 Å². The molecule has 0 fully saturated rings. The van der Waals surface area contributed by atoms with Crippen LogP contribution in [-0.2, 0) is 4.79 Å². The van der Waals surface area contributed by atoms with Crippen molar-refractivity contribution in [1.29, 1.82) is 5.26 Å². The second kappa shape index (κ2) is 3.28. The summed E-state index contributed by atoms with van der Waals surface area (Å²) in [6.07, 6.45) is 0. The molecule has 0 spiro atoms. The lowest BCUT2D eigenvalue weighted by Gasteiger charge is -2.30. The molecule has 15 heavy (non-hydrogen) atoms. The zero-order valence-corrected chi connectivity index (χ0v) is 9.31. The number of carbonyl (C=O) groups excluding carboxylic acids is 1. The fourth-order valence-electron chi connectivity index (χ4n) is 1.42. The second-order valence-corrected chi connectivity index (χ2v) is 5.52. The number of rotatable bonds is 0. The van der Waals surface area contributed by atoms with Gasteiger partial charge in [-0.1, -0.05) is 6.07 Å². The summed E-state index contributed by atoms with van der Waals surface area (Å²) >= 11 is 1.49. The van der Waals surface area contributed by atoms with Crippen molar-refractivity contribution in [2.24, 2.45) is 0 Å². The van der Waals surface area contributed by atoms with Gasteiger partial charge >= 0.3 is 0 Å². The lowest BCUT2D eigenvalue weighted by Crippen LogP contribution is -2.37. The lowest BCUT2D eigenvalue weighted by atomic mass is 10.1. The summed E-state index contributed by atoms with van der Waals surface area (Å²) in [4.78, 5) is 12.7. The summed E-state index contributed by atoms with van der Waals surface area (Å²) in [7, 11) is 0. The van der Waals surface area contributed by atoms with Crippen LogP contribution in [0.2, 0.25) is 0 Å². The maximum Gasteiger partial charge on any atom is 0.240 e. The van der Waals surface area contributed by atoms with Crippen LogP contribution in [0.5, 0.6) is 0 Å². The van der Waals surface area contributed by atoms with Gasteiger partial charge in [0.15, 0.2) is 0 Å². The minimum atomic E-state index is -0.471. The van der Waals surface area contributed by atoms with Gasteiger partial charge in [-0.15, -0.1) is 11.8 Å². The van der Waals surface area contributed by atoms with E-state index in [2.05, 4.69) is 11.4 Å². The highest BCUT2D eigenvalue weighted by Gasteiger charge is 2.35. The first-order valence-electron chi connectivity index (χ1n) is 4.58. The molecule has 0 aromatic heterocycles. The molecule has 0 unspecified atom stereocenters. The SMILES string of the molecule is CC1(C)Sc2cccc(C#N)c2NC1=O. The van der Waals surface area contributed by atoms with Crippen molar-refractivity contribution in [3.05, 3.63) is 23.8 Å². The van der Waals surface area contributed by atoms with Crippen LogP contribution in [0.3, 0.4) is 0 Å². The van der Waals surface area contributed by atoms with Gasteiger partial charge in [-0.25, -0.2) is 0 Å². The number of anilines is 1.